The average Bonchev–Trinajstić information content (AvgIpc) is 4.10. The Labute approximate surface area is 509 Å². The molecule has 1 heterocycles. The van der Waals surface area contributed by atoms with Crippen LogP contribution in [0.15, 0.2) is 4.42 Å². The van der Waals surface area contributed by atoms with Crippen molar-refractivity contribution >= 4 is 475 Å². The standard InChI is InChI=1S/C50H60B30O/c51-19-9(28(60)22(54)7-8-12(30(62)29(61)11(7)19)20(52)13(31(63)23(8)55)14-33(65)44(76)47(79)45(77)34(14)66)1-3-5(26(58)41(73)39(71)24(3)56)2(6-4(1)25(57)40(72)42(74)27(6)59)10-21(53)17-18-37(69)32(64)15-16(38(70)46(78)43(75)35(15)67)49(18)81-50(17)48(80)36(10)68/h51-80H2. The SMILES string of the molecule is Bc1c(B)c(B)c(-c2c(B)c(B)c3c(c2B)c(B)c(B)c2c(B)c(-c4c5c(B)c(B)c(B)c(B)c5c(-c5c(B)c(B)c6oc7c8c(B)c(B)c(B)c(B)c8c(B)c(B)c7c6c5B)c5c(B)c(B)c(B)c(B)c45)c(B)c(B)c23)c(B)c1B. The Morgan fingerprint density at radius 3 is 0.642 bits per heavy atom. The Morgan fingerprint density at radius 1 is 0.111 bits per heavy atom. The van der Waals surface area contributed by atoms with Crippen molar-refractivity contribution in [1.29, 1.82) is 0 Å². The van der Waals surface area contributed by atoms with E-state index >= 15 is 0 Å². The fraction of sp³-hybridized carbons (Fsp3) is 0. The van der Waals surface area contributed by atoms with E-state index in [2.05, 4.69) is 235 Å². The van der Waals surface area contributed by atoms with E-state index in [9.17, 15) is 0 Å². The second-order valence-electron chi connectivity index (χ2n) is 26.3. The van der Waals surface area contributed by atoms with E-state index in [4.69, 9.17) is 4.42 Å². The highest BCUT2D eigenvalue weighted by molar-refractivity contribution is 6.78. The van der Waals surface area contributed by atoms with E-state index in [1.165, 1.54) is 262 Å². The normalized spacial score (nSPS) is 12.0. The maximum Gasteiger partial charge on any atom is 0.143 e. The Kier molecular flexibility index (Phi) is 13.9. The summed E-state index contributed by atoms with van der Waals surface area (Å²) in [5.74, 6) is 0. The van der Waals surface area contributed by atoms with E-state index in [1.54, 1.807) is 0 Å². The summed E-state index contributed by atoms with van der Waals surface area (Å²) in [5, 5.41) is 16.4. The van der Waals surface area contributed by atoms with Gasteiger partial charge in [0.1, 0.15) is 247 Å². The predicted octanol–water partition coefficient (Wildman–Crippen LogP) is -37.9. The molecule has 0 aliphatic heterocycles. The lowest BCUT2D eigenvalue weighted by molar-refractivity contribution is 0.676. The molecule has 11 aromatic rings. The summed E-state index contributed by atoms with van der Waals surface area (Å²) in [6.07, 6.45) is 0. The van der Waals surface area contributed by atoms with Gasteiger partial charge in [0.25, 0.3) is 0 Å². The molecule has 0 spiro atoms. The molecule has 31 heteroatoms. The van der Waals surface area contributed by atoms with Crippen LogP contribution in [0.1, 0.15) is 0 Å². The number of furan rings is 1. The first-order valence-corrected chi connectivity index (χ1v) is 30.2. The number of benzene rings is 10. The van der Waals surface area contributed by atoms with Crippen LogP contribution in [-0.4, -0.2) is 235 Å². The van der Waals surface area contributed by atoms with Gasteiger partial charge in [0.05, 0.1) is 0 Å². The van der Waals surface area contributed by atoms with E-state index in [1.807, 2.05) is 0 Å². The first kappa shape index (κ1) is 58.0. The molecule has 1 nitrogen and oxygen atoms in total. The summed E-state index contributed by atoms with van der Waals surface area (Å²) in [6.45, 7) is 0. The van der Waals surface area contributed by atoms with Gasteiger partial charge in [0.15, 0.2) is 0 Å². The van der Waals surface area contributed by atoms with Crippen molar-refractivity contribution in [3.05, 3.63) is 0 Å². The number of rotatable bonds is 3. The molecule has 0 saturated carbocycles. The Hall–Kier alpha value is -4.75. The molecule has 0 atom stereocenters. The largest absolute Gasteiger partial charge is 0.456 e. The molecule has 0 amide bonds. The quantitative estimate of drug-likeness (QED) is 0.0977. The molecular formula is C50H60B30O. The van der Waals surface area contributed by atoms with Gasteiger partial charge in [-0.1, -0.05) is 115 Å². The van der Waals surface area contributed by atoms with Gasteiger partial charge in [0, 0.05) is 16.2 Å². The van der Waals surface area contributed by atoms with Crippen LogP contribution in [0.2, 0.25) is 0 Å². The van der Waals surface area contributed by atoms with Crippen LogP contribution in [0.3, 0.4) is 0 Å². The summed E-state index contributed by atoms with van der Waals surface area (Å²) in [7, 11) is 71.4. The van der Waals surface area contributed by atoms with Crippen molar-refractivity contribution in [2.75, 3.05) is 0 Å². The summed E-state index contributed by atoms with van der Waals surface area (Å²) in [6, 6.07) is 0. The minimum atomic E-state index is 1.03. The highest BCUT2D eigenvalue weighted by Gasteiger charge is 2.32. The highest BCUT2D eigenvalue weighted by atomic mass is 16.3. The van der Waals surface area contributed by atoms with Crippen molar-refractivity contribution in [3.8, 4) is 33.4 Å². The van der Waals surface area contributed by atoms with Crippen molar-refractivity contribution in [3.63, 3.8) is 0 Å². The minimum absolute atomic E-state index is 1.03. The Morgan fingerprint density at radius 2 is 0.284 bits per heavy atom. The monoisotopic (exact) mass is 1010 g/mol. The third kappa shape index (κ3) is 7.30. The molecule has 1 aromatic heterocycles. The van der Waals surface area contributed by atoms with Gasteiger partial charge in [-0.2, -0.15) is 0 Å². The molecule has 0 bridgehead atoms. The molecule has 0 unspecified atom stereocenters. The van der Waals surface area contributed by atoms with Crippen molar-refractivity contribution in [2.45, 2.75) is 0 Å². The molecule has 11 rings (SSSR count). The van der Waals surface area contributed by atoms with Crippen LogP contribution in [0, 0.1) is 0 Å². The highest BCUT2D eigenvalue weighted by Crippen LogP contribution is 2.41. The topological polar surface area (TPSA) is 13.1 Å². The molecule has 356 valence electrons. The molecule has 81 heavy (non-hydrogen) atoms. The van der Waals surface area contributed by atoms with E-state index in [0.29, 0.717) is 0 Å². The van der Waals surface area contributed by atoms with Crippen molar-refractivity contribution < 1.29 is 4.42 Å². The smallest absolute Gasteiger partial charge is 0.143 e. The van der Waals surface area contributed by atoms with Crippen LogP contribution in [0.4, 0.5) is 0 Å². The lowest BCUT2D eigenvalue weighted by Crippen LogP contribution is -2.56. The second-order valence-corrected chi connectivity index (χ2v) is 26.3. The molecule has 0 saturated heterocycles. The van der Waals surface area contributed by atoms with Gasteiger partial charge < -0.3 is 4.42 Å². The average molecular weight is 1000 g/mol. The van der Waals surface area contributed by atoms with Gasteiger partial charge in [-0.05, 0) is 81.9 Å². The summed E-state index contributed by atoms with van der Waals surface area (Å²) in [4.78, 5) is 0. The van der Waals surface area contributed by atoms with Crippen LogP contribution in [0.5, 0.6) is 0 Å². The minimum Gasteiger partial charge on any atom is -0.456 e. The molecule has 0 N–H and O–H groups in total. The maximum atomic E-state index is 7.41. The fourth-order valence-electron chi connectivity index (χ4n) is 16.7. The second kappa shape index (κ2) is 19.4. The van der Waals surface area contributed by atoms with E-state index < -0.39 is 0 Å². The zero-order valence-corrected chi connectivity index (χ0v) is 55.4. The van der Waals surface area contributed by atoms with E-state index in [-0.39, 0.29) is 0 Å². The number of hydrogen-bond donors (Lipinski definition) is 0. The zero-order chi connectivity index (χ0) is 59.6. The molecule has 0 radical (unpaired) electrons. The first-order chi connectivity index (χ1) is 37.8. The maximum absolute atomic E-state index is 7.41. The fourth-order valence-corrected chi connectivity index (χ4v) is 16.7. The van der Waals surface area contributed by atoms with Gasteiger partial charge in [0.2, 0.25) is 0 Å². The van der Waals surface area contributed by atoms with Gasteiger partial charge in [-0.3, -0.25) is 0 Å². The summed E-state index contributed by atoms with van der Waals surface area (Å²) in [5.41, 5.74) is 51.6. The third-order valence-corrected chi connectivity index (χ3v) is 23.5. The third-order valence-electron chi connectivity index (χ3n) is 23.5. The van der Waals surface area contributed by atoms with E-state index in [0.717, 1.165) is 11.2 Å². The number of hydrogen-bond acceptors (Lipinski definition) is 1. The van der Waals surface area contributed by atoms with Crippen LogP contribution in [-0.2, 0) is 0 Å². The Balaban J connectivity index is 1.36. The van der Waals surface area contributed by atoms with Crippen molar-refractivity contribution in [1.82, 2.24) is 0 Å². The molecule has 0 aliphatic rings. The van der Waals surface area contributed by atoms with Crippen LogP contribution in [0.25, 0.3) is 109 Å². The predicted molar refractivity (Wildman–Crippen MR) is 463 cm³/mol. The Bertz CT molecular complexity index is 4820. The lowest BCUT2D eigenvalue weighted by Gasteiger charge is -2.32. The zero-order valence-electron chi connectivity index (χ0n) is 55.4. The van der Waals surface area contributed by atoms with Crippen LogP contribution >= 0.6 is 0 Å². The van der Waals surface area contributed by atoms with Gasteiger partial charge in [-0.25, -0.2) is 0 Å². The van der Waals surface area contributed by atoms with Gasteiger partial charge in [-0.15, -0.1) is 49.2 Å². The van der Waals surface area contributed by atoms with Gasteiger partial charge >= 0.3 is 0 Å². The molecule has 10 aromatic carbocycles. The summed E-state index contributed by atoms with van der Waals surface area (Å²) >= 11 is 0. The van der Waals surface area contributed by atoms with Crippen molar-refractivity contribution in [2.24, 2.45) is 0 Å². The molecule has 0 fully saturated rings. The number of fused-ring (bicyclic) bond motifs is 10. The molecule has 0 aliphatic carbocycles. The first-order valence-electron chi connectivity index (χ1n) is 30.2. The lowest BCUT2D eigenvalue weighted by atomic mass is 9.55. The summed E-state index contributed by atoms with van der Waals surface area (Å²) < 4.78 is 7.41. The van der Waals surface area contributed by atoms with Crippen LogP contribution < -0.4 is 164 Å². The molecular weight excluding hydrogens is 941 g/mol.